The van der Waals surface area contributed by atoms with E-state index in [9.17, 15) is 4.79 Å². The number of anilines is 1. The van der Waals surface area contributed by atoms with Crippen molar-refractivity contribution in [3.63, 3.8) is 0 Å². The first-order valence-corrected chi connectivity index (χ1v) is 8.31. The van der Waals surface area contributed by atoms with Gasteiger partial charge in [-0.3, -0.25) is 0 Å². The molecule has 0 radical (unpaired) electrons. The van der Waals surface area contributed by atoms with Gasteiger partial charge in [0.05, 0.1) is 0 Å². The Labute approximate surface area is 137 Å². The molecule has 2 atom stereocenters. The van der Waals surface area contributed by atoms with Gasteiger partial charge in [-0.05, 0) is 39.5 Å². The number of amides is 1. The molecule has 2 N–H and O–H groups in total. The molecule has 1 aliphatic carbocycles. The van der Waals surface area contributed by atoms with Crippen molar-refractivity contribution < 1.29 is 14.1 Å². The van der Waals surface area contributed by atoms with Crippen molar-refractivity contribution in [2.24, 2.45) is 5.92 Å². The number of rotatable bonds is 5. The highest BCUT2D eigenvalue weighted by atomic mass is 16.6. The van der Waals surface area contributed by atoms with Crippen molar-refractivity contribution in [2.45, 2.75) is 71.4 Å². The second kappa shape index (κ2) is 7.19. The van der Waals surface area contributed by atoms with Gasteiger partial charge < -0.3 is 19.9 Å². The Bertz CT molecular complexity index is 522. The van der Waals surface area contributed by atoms with Gasteiger partial charge in [0.15, 0.2) is 5.82 Å². The minimum Gasteiger partial charge on any atom is -0.444 e. The summed E-state index contributed by atoms with van der Waals surface area (Å²) in [6, 6.07) is 0.688. The lowest BCUT2D eigenvalue weighted by Crippen LogP contribution is -2.38. The fourth-order valence-corrected chi connectivity index (χ4v) is 2.69. The highest BCUT2D eigenvalue weighted by molar-refractivity contribution is 5.67. The summed E-state index contributed by atoms with van der Waals surface area (Å²) in [5.41, 5.74) is -0.478. The smallest absolute Gasteiger partial charge is 0.407 e. The molecule has 0 spiro atoms. The van der Waals surface area contributed by atoms with Crippen molar-refractivity contribution in [3.8, 4) is 0 Å². The maximum absolute atomic E-state index is 11.8. The predicted octanol–water partition coefficient (Wildman–Crippen LogP) is 3.30. The minimum absolute atomic E-state index is 0.227. The number of carbonyl (C=O) groups excluding carboxylic acids is 1. The summed E-state index contributed by atoms with van der Waals surface area (Å²) in [7, 11) is 0. The summed E-state index contributed by atoms with van der Waals surface area (Å²) in [4.78, 5) is 16.1. The van der Waals surface area contributed by atoms with E-state index in [0.717, 1.165) is 19.3 Å². The molecule has 1 fully saturated rings. The fourth-order valence-electron chi connectivity index (χ4n) is 2.69. The lowest BCUT2D eigenvalue weighted by Gasteiger charge is -2.23. The van der Waals surface area contributed by atoms with Crippen molar-refractivity contribution in [1.29, 1.82) is 0 Å². The lowest BCUT2D eigenvalue weighted by molar-refractivity contribution is 0.0519. The maximum atomic E-state index is 11.8. The minimum atomic E-state index is -0.478. The molecule has 1 aromatic heterocycles. The van der Waals surface area contributed by atoms with E-state index >= 15 is 0 Å². The largest absolute Gasteiger partial charge is 0.444 e. The molecular formula is C16H28N4O3. The molecular weight excluding hydrogens is 296 g/mol. The van der Waals surface area contributed by atoms with Crippen LogP contribution in [0.3, 0.4) is 0 Å². The highest BCUT2D eigenvalue weighted by Gasteiger charge is 2.29. The monoisotopic (exact) mass is 324 g/mol. The van der Waals surface area contributed by atoms with Crippen molar-refractivity contribution in [3.05, 3.63) is 5.82 Å². The zero-order valence-electron chi connectivity index (χ0n) is 14.7. The van der Waals surface area contributed by atoms with Gasteiger partial charge in [0, 0.05) is 18.5 Å². The number of nitrogens with zero attached hydrogens (tertiary/aromatic N) is 2. The van der Waals surface area contributed by atoms with E-state index in [1.54, 1.807) is 0 Å². The van der Waals surface area contributed by atoms with E-state index in [0.29, 0.717) is 24.3 Å². The molecule has 1 saturated carbocycles. The van der Waals surface area contributed by atoms with E-state index < -0.39 is 5.60 Å². The number of hydrogen-bond acceptors (Lipinski definition) is 6. The van der Waals surface area contributed by atoms with Crippen LogP contribution >= 0.6 is 0 Å². The first-order chi connectivity index (χ1) is 10.7. The summed E-state index contributed by atoms with van der Waals surface area (Å²) >= 11 is 0. The Morgan fingerprint density at radius 2 is 2.13 bits per heavy atom. The summed E-state index contributed by atoms with van der Waals surface area (Å²) in [6.07, 6.45) is 2.82. The zero-order chi connectivity index (χ0) is 17.0. The predicted molar refractivity (Wildman–Crippen MR) is 87.4 cm³/mol. The van der Waals surface area contributed by atoms with E-state index in [-0.39, 0.29) is 18.1 Å². The van der Waals surface area contributed by atoms with Gasteiger partial charge in [-0.25, -0.2) is 4.79 Å². The molecule has 0 aliphatic heterocycles. The molecule has 130 valence electrons. The average molecular weight is 324 g/mol. The third-order valence-electron chi connectivity index (χ3n) is 3.83. The molecule has 0 unspecified atom stereocenters. The van der Waals surface area contributed by atoms with Gasteiger partial charge in [-0.1, -0.05) is 25.4 Å². The Morgan fingerprint density at radius 3 is 2.74 bits per heavy atom. The Balaban J connectivity index is 1.84. The van der Waals surface area contributed by atoms with Crippen LogP contribution in [0.2, 0.25) is 0 Å². The Kier molecular flexibility index (Phi) is 5.49. The van der Waals surface area contributed by atoms with Crippen LogP contribution in [-0.4, -0.2) is 34.4 Å². The van der Waals surface area contributed by atoms with Gasteiger partial charge in [-0.15, -0.1) is 0 Å². The normalized spacial score (nSPS) is 21.5. The molecule has 7 nitrogen and oxygen atoms in total. The van der Waals surface area contributed by atoms with Crippen LogP contribution in [0.5, 0.6) is 0 Å². The van der Waals surface area contributed by atoms with Crippen LogP contribution < -0.4 is 10.6 Å². The second-order valence-corrected chi connectivity index (χ2v) is 7.44. The van der Waals surface area contributed by atoms with Crippen LogP contribution in [0.15, 0.2) is 4.52 Å². The van der Waals surface area contributed by atoms with Crippen LogP contribution in [0.1, 0.15) is 65.6 Å². The van der Waals surface area contributed by atoms with Crippen molar-refractivity contribution >= 4 is 12.1 Å². The van der Waals surface area contributed by atoms with Crippen molar-refractivity contribution in [2.75, 3.05) is 11.9 Å². The summed E-state index contributed by atoms with van der Waals surface area (Å²) in [6.45, 7) is 10.2. The van der Waals surface area contributed by atoms with Gasteiger partial charge in [0.25, 0.3) is 0 Å². The van der Waals surface area contributed by atoms with Crippen LogP contribution in [0, 0.1) is 5.92 Å². The topological polar surface area (TPSA) is 89.3 Å². The Morgan fingerprint density at radius 1 is 1.39 bits per heavy atom. The maximum Gasteiger partial charge on any atom is 0.407 e. The van der Waals surface area contributed by atoms with Gasteiger partial charge in [-0.2, -0.15) is 4.98 Å². The second-order valence-electron chi connectivity index (χ2n) is 7.44. The highest BCUT2D eigenvalue weighted by Crippen LogP contribution is 2.28. The third kappa shape index (κ3) is 5.41. The molecule has 0 saturated heterocycles. The number of aromatic nitrogens is 2. The van der Waals surface area contributed by atoms with E-state index in [2.05, 4.69) is 20.8 Å². The fraction of sp³-hybridized carbons (Fsp3) is 0.812. The van der Waals surface area contributed by atoms with Gasteiger partial charge in [0.1, 0.15) is 5.60 Å². The lowest BCUT2D eigenvalue weighted by atomic mass is 10.0. The number of nitrogens with one attached hydrogen (secondary N) is 2. The van der Waals surface area contributed by atoms with Crippen LogP contribution in [0.25, 0.3) is 0 Å². The van der Waals surface area contributed by atoms with Gasteiger partial charge >= 0.3 is 12.1 Å². The number of hydrogen-bond donors (Lipinski definition) is 2. The van der Waals surface area contributed by atoms with E-state index in [1.807, 2.05) is 34.6 Å². The summed E-state index contributed by atoms with van der Waals surface area (Å²) in [5.74, 6) is 1.27. The number of ether oxygens (including phenoxy) is 1. The van der Waals surface area contributed by atoms with E-state index in [4.69, 9.17) is 9.26 Å². The number of carbonyl (C=O) groups is 1. The van der Waals surface area contributed by atoms with Gasteiger partial charge in [0.2, 0.25) is 0 Å². The molecule has 1 aliphatic rings. The average Bonchev–Trinajstić information content (AvgIpc) is 3.04. The third-order valence-corrected chi connectivity index (χ3v) is 3.83. The SMILES string of the molecule is CC(C)c1noc(N[C@@H]2CCC[C@@H]2CNC(=O)OC(C)(C)C)n1. The molecule has 0 bridgehead atoms. The first kappa shape index (κ1) is 17.6. The van der Waals surface area contributed by atoms with Crippen molar-refractivity contribution in [1.82, 2.24) is 15.5 Å². The first-order valence-electron chi connectivity index (χ1n) is 8.31. The molecule has 1 amide bonds. The number of alkyl carbamates (subject to hydrolysis) is 1. The summed E-state index contributed by atoms with van der Waals surface area (Å²) < 4.78 is 10.5. The Hall–Kier alpha value is -1.79. The quantitative estimate of drug-likeness (QED) is 0.864. The summed E-state index contributed by atoms with van der Waals surface area (Å²) in [5, 5.41) is 10.1. The molecule has 23 heavy (non-hydrogen) atoms. The molecule has 0 aromatic carbocycles. The molecule has 1 heterocycles. The van der Waals surface area contributed by atoms with E-state index in [1.165, 1.54) is 0 Å². The molecule has 2 rings (SSSR count). The molecule has 7 heteroatoms. The zero-order valence-corrected chi connectivity index (χ0v) is 14.7. The van der Waals surface area contributed by atoms with Crippen LogP contribution in [0.4, 0.5) is 10.8 Å². The van der Waals surface area contributed by atoms with Crippen LogP contribution in [-0.2, 0) is 4.74 Å². The standard InChI is InChI=1S/C16H28N4O3/c1-10(2)13-19-14(23-20-13)18-12-8-6-7-11(12)9-17-15(21)22-16(3,4)5/h10-12H,6-9H2,1-5H3,(H,17,21)(H,18,19,20)/t11-,12-/m1/s1. The molecule has 1 aromatic rings.